The van der Waals surface area contributed by atoms with Crippen molar-refractivity contribution in [1.82, 2.24) is 4.72 Å². The topological polar surface area (TPSA) is 55.4 Å². The van der Waals surface area contributed by atoms with Crippen LogP contribution in [-0.4, -0.2) is 28.7 Å². The molecule has 0 aliphatic carbocycles. The van der Waals surface area contributed by atoms with Gasteiger partial charge in [-0.25, -0.2) is 13.1 Å². The number of rotatable bonds is 5. The minimum absolute atomic E-state index is 0.0176. The number of sulfonamides is 1. The van der Waals surface area contributed by atoms with Gasteiger partial charge < -0.3 is 4.74 Å². The highest BCUT2D eigenvalue weighted by atomic mass is 79.9. The molecule has 1 aromatic rings. The molecule has 19 heavy (non-hydrogen) atoms. The Morgan fingerprint density at radius 3 is 2.53 bits per heavy atom. The number of alkyl halides is 3. The van der Waals surface area contributed by atoms with Crippen LogP contribution in [-0.2, 0) is 20.9 Å². The van der Waals surface area contributed by atoms with Crippen LogP contribution in [0.3, 0.4) is 0 Å². The van der Waals surface area contributed by atoms with E-state index in [9.17, 15) is 21.6 Å². The summed E-state index contributed by atoms with van der Waals surface area (Å²) >= 11 is 2.74. The van der Waals surface area contributed by atoms with Gasteiger partial charge in [0.2, 0.25) is 10.0 Å². The Labute approximate surface area is 117 Å². The number of ether oxygens (including phenoxy) is 1. The number of halogens is 4. The summed E-state index contributed by atoms with van der Waals surface area (Å²) in [6, 6.07) is 2.72. The zero-order valence-corrected chi connectivity index (χ0v) is 12.2. The second-order valence-corrected chi connectivity index (χ2v) is 6.15. The molecule has 0 aromatic heterocycles. The largest absolute Gasteiger partial charge is 0.417 e. The summed E-state index contributed by atoms with van der Waals surface area (Å²) in [4.78, 5) is -0.445. The first-order valence-corrected chi connectivity index (χ1v) is 7.31. The van der Waals surface area contributed by atoms with Gasteiger partial charge in [-0.05, 0) is 18.2 Å². The van der Waals surface area contributed by atoms with Crippen LogP contribution in [0.4, 0.5) is 13.2 Å². The maximum atomic E-state index is 12.7. The minimum atomic E-state index is -4.63. The van der Waals surface area contributed by atoms with Gasteiger partial charge in [0, 0.05) is 18.1 Å². The Balaban J connectivity index is 3.09. The summed E-state index contributed by atoms with van der Waals surface area (Å²) in [5, 5.41) is 0. The van der Waals surface area contributed by atoms with Crippen LogP contribution >= 0.6 is 15.9 Å². The third-order valence-corrected chi connectivity index (χ3v) is 4.30. The molecule has 0 spiro atoms. The highest BCUT2D eigenvalue weighted by molar-refractivity contribution is 9.10. The lowest BCUT2D eigenvalue weighted by molar-refractivity contribution is -0.138. The zero-order valence-electron chi connectivity index (χ0n) is 9.79. The molecule has 0 heterocycles. The Morgan fingerprint density at radius 2 is 2.00 bits per heavy atom. The summed E-state index contributed by atoms with van der Waals surface area (Å²) in [7, 11) is -2.60. The SMILES string of the molecule is COCCNS(=O)(=O)c1ccc(Br)c(C(F)(F)F)c1. The quantitative estimate of drug-likeness (QED) is 0.819. The van der Waals surface area contributed by atoms with E-state index in [0.29, 0.717) is 6.07 Å². The lowest BCUT2D eigenvalue weighted by Gasteiger charge is -2.12. The van der Waals surface area contributed by atoms with E-state index in [1.165, 1.54) is 7.11 Å². The molecule has 0 saturated heterocycles. The molecule has 0 unspecified atom stereocenters. The fraction of sp³-hybridized carbons (Fsp3) is 0.400. The molecule has 108 valence electrons. The minimum Gasteiger partial charge on any atom is -0.383 e. The van der Waals surface area contributed by atoms with E-state index in [4.69, 9.17) is 0 Å². The van der Waals surface area contributed by atoms with E-state index >= 15 is 0 Å². The van der Waals surface area contributed by atoms with Gasteiger partial charge in [0.05, 0.1) is 17.1 Å². The van der Waals surface area contributed by atoms with Crippen LogP contribution in [0.5, 0.6) is 0 Å². The Morgan fingerprint density at radius 1 is 1.37 bits per heavy atom. The normalized spacial score (nSPS) is 12.7. The fourth-order valence-electron chi connectivity index (χ4n) is 1.25. The van der Waals surface area contributed by atoms with E-state index in [2.05, 4.69) is 25.4 Å². The average molecular weight is 362 g/mol. The van der Waals surface area contributed by atoms with Crippen LogP contribution in [0, 0.1) is 0 Å². The van der Waals surface area contributed by atoms with Crippen molar-refractivity contribution >= 4 is 26.0 Å². The molecule has 0 radical (unpaired) electrons. The summed E-state index contributed by atoms with van der Waals surface area (Å²) in [5.41, 5.74) is -1.04. The van der Waals surface area contributed by atoms with Gasteiger partial charge >= 0.3 is 6.18 Å². The van der Waals surface area contributed by atoms with Gasteiger partial charge in [0.1, 0.15) is 0 Å². The summed E-state index contributed by atoms with van der Waals surface area (Å²) in [5.74, 6) is 0. The van der Waals surface area contributed by atoms with Gasteiger partial charge in [-0.1, -0.05) is 15.9 Å². The fourth-order valence-corrected chi connectivity index (χ4v) is 2.76. The Hall–Kier alpha value is -0.640. The van der Waals surface area contributed by atoms with Gasteiger partial charge in [0.15, 0.2) is 0 Å². The van der Waals surface area contributed by atoms with E-state index in [-0.39, 0.29) is 17.6 Å². The maximum Gasteiger partial charge on any atom is 0.417 e. The molecule has 1 rings (SSSR count). The third-order valence-electron chi connectivity index (χ3n) is 2.15. The highest BCUT2D eigenvalue weighted by Crippen LogP contribution is 2.35. The number of hydrogen-bond donors (Lipinski definition) is 1. The number of methoxy groups -OCH3 is 1. The summed E-state index contributed by atoms with van der Waals surface area (Å²) in [6.07, 6.45) is -4.63. The van der Waals surface area contributed by atoms with Crippen molar-refractivity contribution in [1.29, 1.82) is 0 Å². The van der Waals surface area contributed by atoms with Crippen LogP contribution in [0.25, 0.3) is 0 Å². The molecular weight excluding hydrogens is 351 g/mol. The first-order valence-electron chi connectivity index (χ1n) is 5.04. The molecule has 0 bridgehead atoms. The number of hydrogen-bond acceptors (Lipinski definition) is 3. The van der Waals surface area contributed by atoms with Crippen molar-refractivity contribution in [2.75, 3.05) is 20.3 Å². The Kier molecular flexibility index (Phi) is 5.36. The highest BCUT2D eigenvalue weighted by Gasteiger charge is 2.34. The molecule has 0 saturated carbocycles. The lowest BCUT2D eigenvalue weighted by Crippen LogP contribution is -2.27. The first kappa shape index (κ1) is 16.4. The van der Waals surface area contributed by atoms with Crippen LogP contribution in [0.2, 0.25) is 0 Å². The predicted octanol–water partition coefficient (Wildman–Crippen LogP) is 2.39. The van der Waals surface area contributed by atoms with Crippen LogP contribution in [0.15, 0.2) is 27.6 Å². The van der Waals surface area contributed by atoms with Gasteiger partial charge in [-0.3, -0.25) is 0 Å². The smallest absolute Gasteiger partial charge is 0.383 e. The second-order valence-electron chi connectivity index (χ2n) is 3.53. The van der Waals surface area contributed by atoms with Crippen molar-refractivity contribution in [2.45, 2.75) is 11.1 Å². The molecule has 0 amide bonds. The van der Waals surface area contributed by atoms with Crippen molar-refractivity contribution in [3.63, 3.8) is 0 Å². The molecule has 9 heteroatoms. The van der Waals surface area contributed by atoms with E-state index in [0.717, 1.165) is 12.1 Å². The van der Waals surface area contributed by atoms with Gasteiger partial charge in [0.25, 0.3) is 0 Å². The predicted molar refractivity (Wildman–Crippen MR) is 66.2 cm³/mol. The van der Waals surface area contributed by atoms with Gasteiger partial charge in [-0.15, -0.1) is 0 Å². The summed E-state index contributed by atoms with van der Waals surface area (Å²) in [6.45, 7) is 0.109. The van der Waals surface area contributed by atoms with Crippen molar-refractivity contribution in [3.8, 4) is 0 Å². The monoisotopic (exact) mass is 361 g/mol. The molecule has 1 N–H and O–H groups in total. The number of benzene rings is 1. The maximum absolute atomic E-state index is 12.7. The number of nitrogens with one attached hydrogen (secondary N) is 1. The van der Waals surface area contributed by atoms with Crippen molar-refractivity contribution < 1.29 is 26.3 Å². The average Bonchev–Trinajstić information content (AvgIpc) is 2.27. The molecule has 0 aliphatic rings. The van der Waals surface area contributed by atoms with Crippen LogP contribution < -0.4 is 4.72 Å². The molecule has 0 fully saturated rings. The lowest BCUT2D eigenvalue weighted by atomic mass is 10.2. The standard InChI is InChI=1S/C10H11BrF3NO3S/c1-18-5-4-15-19(16,17)7-2-3-9(11)8(6-7)10(12,13)14/h2-3,6,15H,4-5H2,1H3. The molecule has 0 atom stereocenters. The first-order chi connectivity index (χ1) is 8.68. The van der Waals surface area contributed by atoms with E-state index in [1.807, 2.05) is 0 Å². The second kappa shape index (κ2) is 6.21. The Bertz CT molecular complexity index is 545. The third kappa shape index (κ3) is 4.44. The zero-order chi connectivity index (χ0) is 14.7. The molecular formula is C10H11BrF3NO3S. The van der Waals surface area contributed by atoms with E-state index in [1.54, 1.807) is 0 Å². The molecule has 0 aliphatic heterocycles. The molecule has 1 aromatic carbocycles. The van der Waals surface area contributed by atoms with Crippen LogP contribution in [0.1, 0.15) is 5.56 Å². The van der Waals surface area contributed by atoms with Crippen molar-refractivity contribution in [3.05, 3.63) is 28.2 Å². The van der Waals surface area contributed by atoms with E-state index < -0.39 is 26.7 Å². The van der Waals surface area contributed by atoms with Crippen molar-refractivity contribution in [2.24, 2.45) is 0 Å². The molecule has 4 nitrogen and oxygen atoms in total. The van der Waals surface area contributed by atoms with Gasteiger partial charge in [-0.2, -0.15) is 13.2 Å². The summed E-state index contributed by atoms with van der Waals surface area (Å²) < 4.78 is 68.1.